The number of piperazine rings is 1. The van der Waals surface area contributed by atoms with Crippen molar-refractivity contribution in [3.05, 3.63) is 64.6 Å². The molecule has 0 N–H and O–H groups in total. The van der Waals surface area contributed by atoms with Gasteiger partial charge in [0, 0.05) is 44.8 Å². The third-order valence-electron chi connectivity index (χ3n) is 7.08. The highest BCUT2D eigenvalue weighted by molar-refractivity contribution is 5.97. The van der Waals surface area contributed by atoms with E-state index in [-0.39, 0.29) is 18.0 Å². The highest BCUT2D eigenvalue weighted by Crippen LogP contribution is 2.31. The van der Waals surface area contributed by atoms with Crippen LogP contribution in [0, 0.1) is 31.4 Å². The quantitative estimate of drug-likeness (QED) is 0.512. The zero-order valence-corrected chi connectivity index (χ0v) is 19.9. The average Bonchev–Trinajstić information content (AvgIpc) is 3.32. The maximum Gasteiger partial charge on any atom is 0.181 e. The molecule has 2 aliphatic heterocycles. The molecule has 180 valence electrons. The number of carbonyl (C=O) groups is 1. The van der Waals surface area contributed by atoms with Crippen LogP contribution in [0.15, 0.2) is 30.5 Å². The molecule has 0 aliphatic carbocycles. The number of pyridine rings is 1. The standard InChI is InChI=1S/C26H30F2N4O2/c1-16-9-24(34-15-20-21(27)5-4-6-22(20)28)26-29-17(2)25(32(26)12-16)23(33)11-18-10-19-14-30(3)7-8-31(19)13-18/h4-6,9,12,18-19H,7-8,10-11,13-15H2,1-3H3/t18-,19+/m1/s1. The summed E-state index contributed by atoms with van der Waals surface area (Å²) in [4.78, 5) is 22.9. The van der Waals surface area contributed by atoms with Gasteiger partial charge >= 0.3 is 0 Å². The van der Waals surface area contributed by atoms with Crippen LogP contribution in [0.3, 0.4) is 0 Å². The first-order valence-corrected chi connectivity index (χ1v) is 11.8. The second-order valence-corrected chi connectivity index (χ2v) is 9.75. The number of aryl methyl sites for hydroxylation is 2. The van der Waals surface area contributed by atoms with Crippen molar-refractivity contribution in [2.75, 3.05) is 33.2 Å². The SMILES string of the molecule is Cc1cc(OCc2c(F)cccc2F)c2nc(C)c(C(=O)C[C@H]3C[C@H]4CN(C)CCN4C3)n2c1. The molecule has 0 spiro atoms. The van der Waals surface area contributed by atoms with E-state index in [1.165, 1.54) is 18.2 Å². The first-order chi connectivity index (χ1) is 16.3. The number of halogens is 2. The van der Waals surface area contributed by atoms with Gasteiger partial charge in [-0.3, -0.25) is 14.1 Å². The van der Waals surface area contributed by atoms with Gasteiger partial charge in [0.1, 0.15) is 23.9 Å². The van der Waals surface area contributed by atoms with Gasteiger partial charge in [0.2, 0.25) is 0 Å². The Morgan fingerprint density at radius 1 is 1.18 bits per heavy atom. The van der Waals surface area contributed by atoms with Gasteiger partial charge < -0.3 is 9.64 Å². The molecule has 1 aromatic carbocycles. The Hall–Kier alpha value is -2.84. The molecule has 4 heterocycles. The van der Waals surface area contributed by atoms with E-state index < -0.39 is 11.6 Å². The highest BCUT2D eigenvalue weighted by atomic mass is 19.1. The third-order valence-corrected chi connectivity index (χ3v) is 7.08. The Kier molecular flexibility index (Phi) is 6.12. The molecule has 2 fully saturated rings. The molecule has 5 rings (SSSR count). The summed E-state index contributed by atoms with van der Waals surface area (Å²) in [6.45, 7) is 7.60. The minimum absolute atomic E-state index is 0.0694. The van der Waals surface area contributed by atoms with E-state index in [0.29, 0.717) is 41.2 Å². The van der Waals surface area contributed by atoms with Crippen LogP contribution >= 0.6 is 0 Å². The maximum atomic E-state index is 14.1. The predicted molar refractivity (Wildman–Crippen MR) is 125 cm³/mol. The van der Waals surface area contributed by atoms with Gasteiger partial charge in [-0.25, -0.2) is 13.8 Å². The number of imidazole rings is 1. The molecule has 8 heteroatoms. The minimum Gasteiger partial charge on any atom is -0.485 e. The van der Waals surface area contributed by atoms with E-state index in [1.54, 1.807) is 10.5 Å². The van der Waals surface area contributed by atoms with Crippen molar-refractivity contribution in [1.29, 1.82) is 0 Å². The number of likely N-dealkylation sites (N-methyl/N-ethyl adjacent to an activating group) is 1. The molecule has 2 aliphatic rings. The van der Waals surface area contributed by atoms with Gasteiger partial charge in [-0.15, -0.1) is 0 Å². The van der Waals surface area contributed by atoms with Crippen LogP contribution in [0.5, 0.6) is 5.75 Å². The van der Waals surface area contributed by atoms with Gasteiger partial charge in [-0.05, 0) is 57.0 Å². The highest BCUT2D eigenvalue weighted by Gasteiger charge is 2.36. The van der Waals surface area contributed by atoms with E-state index in [0.717, 1.165) is 38.2 Å². The first kappa shape index (κ1) is 22.9. The Labute approximate surface area is 198 Å². The number of ketones is 1. The monoisotopic (exact) mass is 468 g/mol. The van der Waals surface area contributed by atoms with Crippen LogP contribution in [0.4, 0.5) is 8.78 Å². The zero-order valence-electron chi connectivity index (χ0n) is 19.9. The van der Waals surface area contributed by atoms with Crippen molar-refractivity contribution in [2.45, 2.75) is 39.3 Å². The van der Waals surface area contributed by atoms with Gasteiger partial charge in [0.05, 0.1) is 11.3 Å². The summed E-state index contributed by atoms with van der Waals surface area (Å²) in [5.41, 5.74) is 2.40. The fourth-order valence-electron chi connectivity index (χ4n) is 5.43. The molecule has 6 nitrogen and oxygen atoms in total. The lowest BCUT2D eigenvalue weighted by Crippen LogP contribution is -2.48. The maximum absolute atomic E-state index is 14.1. The number of hydrogen-bond acceptors (Lipinski definition) is 5. The van der Waals surface area contributed by atoms with Gasteiger partial charge in [-0.2, -0.15) is 0 Å². The number of rotatable bonds is 6. The second-order valence-electron chi connectivity index (χ2n) is 9.75. The molecule has 34 heavy (non-hydrogen) atoms. The van der Waals surface area contributed by atoms with Crippen LogP contribution in [0.25, 0.3) is 5.65 Å². The van der Waals surface area contributed by atoms with Crippen LogP contribution in [0.2, 0.25) is 0 Å². The van der Waals surface area contributed by atoms with Crippen molar-refractivity contribution in [3.63, 3.8) is 0 Å². The van der Waals surface area contributed by atoms with Crippen LogP contribution in [-0.4, -0.2) is 64.2 Å². The molecule has 0 bridgehead atoms. The predicted octanol–water partition coefficient (Wildman–Crippen LogP) is 4.02. The molecule has 2 aromatic heterocycles. The summed E-state index contributed by atoms with van der Waals surface area (Å²) >= 11 is 0. The lowest BCUT2D eigenvalue weighted by Gasteiger charge is -2.35. The molecule has 0 amide bonds. The van der Waals surface area contributed by atoms with E-state index in [9.17, 15) is 13.6 Å². The second kappa shape index (κ2) is 9.07. The summed E-state index contributed by atoms with van der Waals surface area (Å²) in [5, 5.41) is 0. The van der Waals surface area contributed by atoms with Gasteiger partial charge in [-0.1, -0.05) is 6.07 Å². The number of Topliss-reactive ketones (excluding diaryl/α,β-unsaturated/α-hetero) is 1. The van der Waals surface area contributed by atoms with E-state index in [1.807, 2.05) is 20.0 Å². The summed E-state index contributed by atoms with van der Waals surface area (Å²) in [6.07, 6.45) is 3.38. The van der Waals surface area contributed by atoms with Crippen molar-refractivity contribution < 1.29 is 18.3 Å². The zero-order chi connectivity index (χ0) is 24.0. The Morgan fingerprint density at radius 2 is 1.94 bits per heavy atom. The molecule has 0 unspecified atom stereocenters. The number of benzene rings is 1. The molecular formula is C26H30F2N4O2. The molecule has 2 atom stereocenters. The van der Waals surface area contributed by atoms with Crippen LogP contribution in [0.1, 0.15) is 40.2 Å². The summed E-state index contributed by atoms with van der Waals surface area (Å²) in [7, 11) is 2.15. The topological polar surface area (TPSA) is 50.1 Å². The summed E-state index contributed by atoms with van der Waals surface area (Å²) in [6, 6.07) is 6.04. The largest absolute Gasteiger partial charge is 0.485 e. The van der Waals surface area contributed by atoms with Crippen LogP contribution in [-0.2, 0) is 6.61 Å². The number of ether oxygens (including phenoxy) is 1. The van der Waals surface area contributed by atoms with Crippen molar-refractivity contribution in [2.24, 2.45) is 5.92 Å². The van der Waals surface area contributed by atoms with Crippen LogP contribution < -0.4 is 4.74 Å². The lowest BCUT2D eigenvalue weighted by atomic mass is 9.97. The molecule has 0 radical (unpaired) electrons. The normalized spacial score (nSPS) is 21.2. The van der Waals surface area contributed by atoms with Crippen molar-refractivity contribution in [1.82, 2.24) is 19.2 Å². The molecule has 3 aromatic rings. The van der Waals surface area contributed by atoms with E-state index >= 15 is 0 Å². The fourth-order valence-corrected chi connectivity index (χ4v) is 5.43. The summed E-state index contributed by atoms with van der Waals surface area (Å²) < 4.78 is 35.7. The fraction of sp³-hybridized carbons (Fsp3) is 0.462. The molecular weight excluding hydrogens is 438 g/mol. The average molecular weight is 469 g/mol. The molecule has 0 saturated carbocycles. The van der Waals surface area contributed by atoms with Gasteiger partial charge in [0.15, 0.2) is 17.2 Å². The van der Waals surface area contributed by atoms with E-state index in [4.69, 9.17) is 4.74 Å². The Bertz CT molecular complexity index is 1220. The first-order valence-electron chi connectivity index (χ1n) is 11.8. The smallest absolute Gasteiger partial charge is 0.181 e. The molecule has 2 saturated heterocycles. The Balaban J connectivity index is 1.38. The number of carbonyl (C=O) groups excluding carboxylic acids is 1. The van der Waals surface area contributed by atoms with E-state index in [2.05, 4.69) is 21.8 Å². The van der Waals surface area contributed by atoms with Crippen molar-refractivity contribution in [3.8, 4) is 5.75 Å². The van der Waals surface area contributed by atoms with Crippen molar-refractivity contribution >= 4 is 11.4 Å². The third kappa shape index (κ3) is 4.32. The number of nitrogens with zero attached hydrogens (tertiary/aromatic N) is 4. The minimum atomic E-state index is -0.655. The number of aromatic nitrogens is 2. The lowest BCUT2D eigenvalue weighted by molar-refractivity contribution is 0.0954. The number of hydrogen-bond donors (Lipinski definition) is 0. The number of fused-ring (bicyclic) bond motifs is 2. The van der Waals surface area contributed by atoms with Gasteiger partial charge in [0.25, 0.3) is 0 Å². The summed E-state index contributed by atoms with van der Waals surface area (Å²) in [5.74, 6) is -0.513. The Morgan fingerprint density at radius 3 is 2.71 bits per heavy atom.